The predicted octanol–water partition coefficient (Wildman–Crippen LogP) is 4.00. The standard InChI is InChI=1S/C14H11BrClNO3/c1-19-8-3-5-13(11(15)6-8)20-9-2-4-10(14(17)18)12(16)7-9/h2-7H,1H3,(H2,17,18). The predicted molar refractivity (Wildman–Crippen MR) is 80.7 cm³/mol. The first-order valence-corrected chi connectivity index (χ1v) is 6.79. The Kier molecular flexibility index (Phi) is 4.52. The molecule has 2 aromatic rings. The van der Waals surface area contributed by atoms with Gasteiger partial charge in [-0.2, -0.15) is 0 Å². The van der Waals surface area contributed by atoms with Crippen LogP contribution in [0.5, 0.6) is 17.2 Å². The largest absolute Gasteiger partial charge is 0.497 e. The summed E-state index contributed by atoms with van der Waals surface area (Å²) in [4.78, 5) is 11.1. The summed E-state index contributed by atoms with van der Waals surface area (Å²) in [7, 11) is 1.59. The summed E-state index contributed by atoms with van der Waals surface area (Å²) >= 11 is 9.36. The highest BCUT2D eigenvalue weighted by molar-refractivity contribution is 9.10. The molecule has 0 bridgehead atoms. The molecule has 104 valence electrons. The quantitative estimate of drug-likeness (QED) is 0.900. The van der Waals surface area contributed by atoms with Crippen molar-refractivity contribution in [2.24, 2.45) is 5.73 Å². The third-order valence-corrected chi connectivity index (χ3v) is 3.51. The van der Waals surface area contributed by atoms with Gasteiger partial charge in [-0.05, 0) is 46.3 Å². The minimum absolute atomic E-state index is 0.250. The van der Waals surface area contributed by atoms with Crippen LogP contribution < -0.4 is 15.2 Å². The van der Waals surface area contributed by atoms with Gasteiger partial charge in [-0.3, -0.25) is 4.79 Å². The van der Waals surface area contributed by atoms with Gasteiger partial charge < -0.3 is 15.2 Å². The summed E-state index contributed by atoms with van der Waals surface area (Å²) in [5.41, 5.74) is 5.44. The zero-order valence-corrected chi connectivity index (χ0v) is 12.9. The lowest BCUT2D eigenvalue weighted by Gasteiger charge is -2.10. The van der Waals surface area contributed by atoms with Crippen molar-refractivity contribution in [1.29, 1.82) is 0 Å². The van der Waals surface area contributed by atoms with E-state index in [4.69, 9.17) is 26.8 Å². The van der Waals surface area contributed by atoms with Crippen molar-refractivity contribution >= 4 is 33.4 Å². The number of methoxy groups -OCH3 is 1. The lowest BCUT2D eigenvalue weighted by atomic mass is 10.2. The van der Waals surface area contributed by atoms with Crippen molar-refractivity contribution in [2.75, 3.05) is 7.11 Å². The zero-order chi connectivity index (χ0) is 14.7. The average molecular weight is 357 g/mol. The van der Waals surface area contributed by atoms with Crippen molar-refractivity contribution in [1.82, 2.24) is 0 Å². The van der Waals surface area contributed by atoms with Gasteiger partial charge in [0, 0.05) is 6.07 Å². The van der Waals surface area contributed by atoms with Crippen LogP contribution in [-0.4, -0.2) is 13.0 Å². The molecule has 0 radical (unpaired) electrons. The van der Waals surface area contributed by atoms with Gasteiger partial charge >= 0.3 is 0 Å². The number of hydrogen-bond acceptors (Lipinski definition) is 3. The molecule has 4 nitrogen and oxygen atoms in total. The van der Waals surface area contributed by atoms with Gasteiger partial charge in [-0.15, -0.1) is 0 Å². The molecule has 2 N–H and O–H groups in total. The number of halogens is 2. The highest BCUT2D eigenvalue weighted by Crippen LogP contribution is 2.34. The molecule has 2 aromatic carbocycles. The van der Waals surface area contributed by atoms with Crippen molar-refractivity contribution < 1.29 is 14.3 Å². The van der Waals surface area contributed by atoms with E-state index in [2.05, 4.69) is 15.9 Å². The molecule has 0 saturated carbocycles. The zero-order valence-electron chi connectivity index (χ0n) is 10.5. The van der Waals surface area contributed by atoms with Crippen molar-refractivity contribution in [3.63, 3.8) is 0 Å². The van der Waals surface area contributed by atoms with Crippen LogP contribution in [0.3, 0.4) is 0 Å². The van der Waals surface area contributed by atoms with E-state index < -0.39 is 5.91 Å². The Labute approximate surface area is 129 Å². The molecule has 0 spiro atoms. The first-order valence-electron chi connectivity index (χ1n) is 5.62. The molecule has 2 rings (SSSR count). The number of benzene rings is 2. The number of hydrogen-bond donors (Lipinski definition) is 1. The molecule has 0 fully saturated rings. The summed E-state index contributed by atoms with van der Waals surface area (Å²) in [5.74, 6) is 1.25. The second kappa shape index (κ2) is 6.15. The smallest absolute Gasteiger partial charge is 0.250 e. The van der Waals surface area contributed by atoms with Crippen LogP contribution in [-0.2, 0) is 0 Å². The van der Waals surface area contributed by atoms with E-state index in [0.717, 1.165) is 4.47 Å². The minimum Gasteiger partial charge on any atom is -0.497 e. The summed E-state index contributed by atoms with van der Waals surface area (Å²) in [6.07, 6.45) is 0. The number of amides is 1. The molecule has 0 atom stereocenters. The molecule has 0 unspecified atom stereocenters. The normalized spacial score (nSPS) is 10.2. The third kappa shape index (κ3) is 3.23. The van der Waals surface area contributed by atoms with Crippen LogP contribution in [0.15, 0.2) is 40.9 Å². The van der Waals surface area contributed by atoms with E-state index in [1.165, 1.54) is 6.07 Å². The molecule has 0 aliphatic carbocycles. The van der Waals surface area contributed by atoms with Crippen molar-refractivity contribution in [3.05, 3.63) is 51.5 Å². The van der Waals surface area contributed by atoms with Gasteiger partial charge in [0.05, 0.1) is 22.2 Å². The van der Waals surface area contributed by atoms with Crippen LogP contribution in [0.1, 0.15) is 10.4 Å². The Morgan fingerprint density at radius 2 is 1.90 bits per heavy atom. The van der Waals surface area contributed by atoms with Gasteiger partial charge in [-0.1, -0.05) is 11.6 Å². The molecule has 6 heteroatoms. The van der Waals surface area contributed by atoms with E-state index in [9.17, 15) is 4.79 Å². The van der Waals surface area contributed by atoms with Crippen LogP contribution in [0.4, 0.5) is 0 Å². The Hall–Kier alpha value is -1.72. The van der Waals surface area contributed by atoms with Crippen LogP contribution >= 0.6 is 27.5 Å². The first kappa shape index (κ1) is 14.7. The maximum absolute atomic E-state index is 11.1. The van der Waals surface area contributed by atoms with Gasteiger partial charge in [0.25, 0.3) is 0 Å². The summed E-state index contributed by atoms with van der Waals surface area (Å²) in [5, 5.41) is 0.250. The Morgan fingerprint density at radius 1 is 1.20 bits per heavy atom. The van der Waals surface area contributed by atoms with E-state index in [0.29, 0.717) is 17.2 Å². The minimum atomic E-state index is -0.577. The SMILES string of the molecule is COc1ccc(Oc2ccc(C(N)=O)c(Cl)c2)c(Br)c1. The number of ether oxygens (including phenoxy) is 2. The van der Waals surface area contributed by atoms with E-state index in [-0.39, 0.29) is 10.6 Å². The lowest BCUT2D eigenvalue weighted by molar-refractivity contribution is 0.100. The Morgan fingerprint density at radius 3 is 2.45 bits per heavy atom. The number of rotatable bonds is 4. The van der Waals surface area contributed by atoms with Crippen LogP contribution in [0.25, 0.3) is 0 Å². The molecular weight excluding hydrogens is 346 g/mol. The molecular formula is C14H11BrClNO3. The van der Waals surface area contributed by atoms with Crippen molar-refractivity contribution in [3.8, 4) is 17.2 Å². The number of nitrogens with two attached hydrogens (primary N) is 1. The average Bonchev–Trinajstić information content (AvgIpc) is 2.40. The second-order valence-electron chi connectivity index (χ2n) is 3.90. The number of carbonyl (C=O) groups is 1. The van der Waals surface area contributed by atoms with E-state index >= 15 is 0 Å². The van der Waals surface area contributed by atoms with Crippen LogP contribution in [0, 0.1) is 0 Å². The van der Waals surface area contributed by atoms with Gasteiger partial charge in [-0.25, -0.2) is 0 Å². The Bertz CT molecular complexity index is 661. The van der Waals surface area contributed by atoms with Crippen LogP contribution in [0.2, 0.25) is 5.02 Å². The fourth-order valence-corrected chi connectivity index (χ4v) is 2.28. The molecule has 0 aromatic heterocycles. The fraction of sp³-hybridized carbons (Fsp3) is 0.0714. The topological polar surface area (TPSA) is 61.6 Å². The second-order valence-corrected chi connectivity index (χ2v) is 5.17. The highest BCUT2D eigenvalue weighted by atomic mass is 79.9. The maximum Gasteiger partial charge on any atom is 0.250 e. The van der Waals surface area contributed by atoms with E-state index in [1.54, 1.807) is 37.4 Å². The van der Waals surface area contributed by atoms with Gasteiger partial charge in [0.15, 0.2) is 0 Å². The maximum atomic E-state index is 11.1. The summed E-state index contributed by atoms with van der Waals surface area (Å²) < 4.78 is 11.5. The first-order chi connectivity index (χ1) is 9.51. The molecule has 20 heavy (non-hydrogen) atoms. The highest BCUT2D eigenvalue weighted by Gasteiger charge is 2.09. The molecule has 0 saturated heterocycles. The monoisotopic (exact) mass is 355 g/mol. The number of carbonyl (C=O) groups excluding carboxylic acids is 1. The van der Waals surface area contributed by atoms with Crippen molar-refractivity contribution in [2.45, 2.75) is 0 Å². The third-order valence-electron chi connectivity index (χ3n) is 2.57. The molecule has 0 aliphatic heterocycles. The molecule has 0 aliphatic rings. The Balaban J connectivity index is 2.26. The number of primary amides is 1. The van der Waals surface area contributed by atoms with Gasteiger partial charge in [0.1, 0.15) is 17.2 Å². The summed E-state index contributed by atoms with van der Waals surface area (Å²) in [6, 6.07) is 10.0. The van der Waals surface area contributed by atoms with E-state index in [1.807, 2.05) is 0 Å². The molecule has 0 heterocycles. The fourth-order valence-electron chi connectivity index (χ4n) is 1.58. The summed E-state index contributed by atoms with van der Waals surface area (Å²) in [6.45, 7) is 0. The molecule has 1 amide bonds. The lowest BCUT2D eigenvalue weighted by Crippen LogP contribution is -2.11. The van der Waals surface area contributed by atoms with Gasteiger partial charge in [0.2, 0.25) is 5.91 Å².